The number of nitrogens with zero attached hydrogens (tertiary/aromatic N) is 3. The van der Waals surface area contributed by atoms with Gasteiger partial charge in [0.1, 0.15) is 11.6 Å². The lowest BCUT2D eigenvalue weighted by Crippen LogP contribution is -2.17. The van der Waals surface area contributed by atoms with Gasteiger partial charge in [0.15, 0.2) is 0 Å². The predicted octanol–water partition coefficient (Wildman–Crippen LogP) is 18.3. The lowest BCUT2D eigenvalue weighted by atomic mass is 9.78. The van der Waals surface area contributed by atoms with E-state index in [0.717, 1.165) is 83.6 Å². The fourth-order valence-corrected chi connectivity index (χ4v) is 9.56. The molecular formula is C66H69N3O. The van der Waals surface area contributed by atoms with Crippen molar-refractivity contribution in [1.29, 1.82) is 0 Å². The molecule has 9 rings (SSSR count). The van der Waals surface area contributed by atoms with Crippen molar-refractivity contribution in [1.82, 2.24) is 14.5 Å². The summed E-state index contributed by atoms with van der Waals surface area (Å²) < 4.78 is 45.9. The van der Waals surface area contributed by atoms with Crippen LogP contribution in [0.1, 0.15) is 137 Å². The zero-order valence-electron chi connectivity index (χ0n) is 48.1. The minimum absolute atomic E-state index is 0.0391. The van der Waals surface area contributed by atoms with E-state index in [1.165, 1.54) is 5.56 Å². The van der Waals surface area contributed by atoms with Crippen LogP contribution in [0.25, 0.3) is 83.9 Å². The quantitative estimate of drug-likeness (QED) is 0.157. The lowest BCUT2D eigenvalue weighted by molar-refractivity contribution is 0.446. The zero-order chi connectivity index (χ0) is 54.2. The van der Waals surface area contributed by atoms with Crippen LogP contribution in [-0.2, 0) is 16.2 Å². The average Bonchev–Trinajstić information content (AvgIpc) is 3.80. The van der Waals surface area contributed by atoms with E-state index in [2.05, 4.69) is 204 Å². The molecule has 1 N–H and O–H groups in total. The fraction of sp³-hybridized carbons (Fsp3) is 0.273. The largest absolute Gasteiger partial charge is 0.507 e. The van der Waals surface area contributed by atoms with Crippen LogP contribution < -0.4 is 0 Å². The molecule has 4 heteroatoms. The number of benzene rings is 7. The third-order valence-electron chi connectivity index (χ3n) is 13.6. The first-order valence-corrected chi connectivity index (χ1v) is 24.7. The molecule has 0 saturated heterocycles. The van der Waals surface area contributed by atoms with E-state index in [-0.39, 0.29) is 58.1 Å². The summed E-state index contributed by atoms with van der Waals surface area (Å²) in [7, 11) is 0. The first-order valence-electron chi connectivity index (χ1n) is 27.2. The second-order valence-corrected chi connectivity index (χ2v) is 22.6. The Balaban J connectivity index is 1.37. The Labute approximate surface area is 424 Å². The fourth-order valence-electron chi connectivity index (χ4n) is 9.56. The highest BCUT2D eigenvalue weighted by Gasteiger charge is 2.31. The number of fused-ring (bicyclic) bond motifs is 1. The molecule has 0 amide bonds. The van der Waals surface area contributed by atoms with Crippen LogP contribution in [0.15, 0.2) is 164 Å². The van der Waals surface area contributed by atoms with Gasteiger partial charge in [0, 0.05) is 22.9 Å². The van der Waals surface area contributed by atoms with Crippen molar-refractivity contribution in [2.45, 2.75) is 118 Å². The molecule has 7 aromatic carbocycles. The highest BCUT2D eigenvalue weighted by molar-refractivity contribution is 5.98. The number of aromatic hydroxyl groups is 1. The Morgan fingerprint density at radius 2 is 1.10 bits per heavy atom. The summed E-state index contributed by atoms with van der Waals surface area (Å²) in [6.07, 6.45) is 1.89. The second-order valence-electron chi connectivity index (χ2n) is 22.6. The van der Waals surface area contributed by atoms with Gasteiger partial charge in [0.2, 0.25) is 0 Å². The van der Waals surface area contributed by atoms with Crippen molar-refractivity contribution in [2.75, 3.05) is 0 Å². The molecule has 354 valence electrons. The van der Waals surface area contributed by atoms with Gasteiger partial charge in [-0.2, -0.15) is 0 Å². The average molecular weight is 925 g/mol. The van der Waals surface area contributed by atoms with Gasteiger partial charge < -0.3 is 5.11 Å². The number of aromatic nitrogens is 3. The standard InChI is InChI=1S/C66H69N3O/c1-41(2)54-36-48(44-23-18-15-19-24-44)37-55(42(3)4)61(54)69-59-26-20-25-53(60(59)68-63(69)56-39-52(65(8,9)10)40-57(62(56)70)66(11,12)13)49-33-47(43-21-16-14-17-22-43)34-50(35-49)58-38-46(31-32-67-58)45-27-29-51(30-28-45)64(5,6)7/h14-42,70H,1-13H3/i15D,18D,19D,23D,24D. The molecule has 70 heavy (non-hydrogen) atoms. The first-order chi connectivity index (χ1) is 35.2. The van der Waals surface area contributed by atoms with Crippen LogP contribution in [0.3, 0.4) is 0 Å². The summed E-state index contributed by atoms with van der Waals surface area (Å²) >= 11 is 0. The van der Waals surface area contributed by atoms with Gasteiger partial charge in [0.05, 0.1) is 34.8 Å². The van der Waals surface area contributed by atoms with Crippen molar-refractivity contribution in [2.24, 2.45) is 0 Å². The van der Waals surface area contributed by atoms with Crippen LogP contribution >= 0.6 is 0 Å². The lowest BCUT2D eigenvalue weighted by Gasteiger charge is -2.28. The third-order valence-corrected chi connectivity index (χ3v) is 13.6. The molecule has 0 spiro atoms. The smallest absolute Gasteiger partial charge is 0.149 e. The van der Waals surface area contributed by atoms with Gasteiger partial charge in [-0.1, -0.05) is 193 Å². The molecule has 0 unspecified atom stereocenters. The van der Waals surface area contributed by atoms with Gasteiger partial charge in [-0.25, -0.2) is 4.98 Å². The molecule has 2 aromatic heterocycles. The minimum Gasteiger partial charge on any atom is -0.507 e. The molecule has 0 aliphatic carbocycles. The molecule has 0 atom stereocenters. The van der Waals surface area contributed by atoms with Crippen molar-refractivity contribution >= 4 is 11.0 Å². The van der Waals surface area contributed by atoms with E-state index < -0.39 is 11.5 Å². The Morgan fingerprint density at radius 1 is 0.500 bits per heavy atom. The zero-order valence-corrected chi connectivity index (χ0v) is 43.1. The molecule has 0 aliphatic heterocycles. The van der Waals surface area contributed by atoms with Crippen LogP contribution in [0.2, 0.25) is 0 Å². The normalized spacial score (nSPS) is 13.4. The van der Waals surface area contributed by atoms with Crippen molar-refractivity contribution in [3.63, 3.8) is 0 Å². The summed E-state index contributed by atoms with van der Waals surface area (Å²) in [5.41, 5.74) is 16.0. The van der Waals surface area contributed by atoms with Crippen LogP contribution in [-0.4, -0.2) is 19.6 Å². The number of imidazole rings is 1. The molecule has 0 aliphatic rings. The Morgan fingerprint density at radius 3 is 1.71 bits per heavy atom. The summed E-state index contributed by atoms with van der Waals surface area (Å²) in [6, 6.07) is 42.9. The van der Waals surface area contributed by atoms with E-state index in [4.69, 9.17) is 16.8 Å². The number of hydrogen-bond acceptors (Lipinski definition) is 3. The molecule has 9 aromatic rings. The number of phenols is 1. The van der Waals surface area contributed by atoms with E-state index in [9.17, 15) is 5.11 Å². The first kappa shape index (κ1) is 41.9. The number of rotatable bonds is 9. The maximum absolute atomic E-state index is 12.8. The van der Waals surface area contributed by atoms with E-state index in [1.807, 2.05) is 24.4 Å². The van der Waals surface area contributed by atoms with Gasteiger partial charge >= 0.3 is 0 Å². The molecule has 0 radical (unpaired) electrons. The monoisotopic (exact) mass is 925 g/mol. The molecule has 4 nitrogen and oxygen atoms in total. The topological polar surface area (TPSA) is 50.9 Å². The number of hydrogen-bond donors (Lipinski definition) is 1. The number of pyridine rings is 1. The summed E-state index contributed by atoms with van der Waals surface area (Å²) in [6.45, 7) is 28.1. The number of para-hydroxylation sites is 1. The van der Waals surface area contributed by atoms with E-state index in [0.29, 0.717) is 17.0 Å². The van der Waals surface area contributed by atoms with Crippen molar-refractivity contribution in [3.8, 4) is 78.6 Å². The van der Waals surface area contributed by atoms with E-state index in [1.54, 1.807) is 0 Å². The van der Waals surface area contributed by atoms with Gasteiger partial charge in [-0.05, 0) is 144 Å². The van der Waals surface area contributed by atoms with Gasteiger partial charge in [-0.3, -0.25) is 9.55 Å². The van der Waals surface area contributed by atoms with Gasteiger partial charge in [0.25, 0.3) is 0 Å². The molecule has 0 saturated carbocycles. The molecule has 0 bridgehead atoms. The summed E-state index contributed by atoms with van der Waals surface area (Å²) in [4.78, 5) is 10.7. The Hall–Kier alpha value is -7.04. The highest BCUT2D eigenvalue weighted by atomic mass is 16.3. The SMILES string of the molecule is [2H]c1c([2H])c([2H])c(-c2cc(C(C)C)c(-n3c(-c4cc(C(C)(C)C)cc(C(C)(C)C)c4O)nc4c(-c5cc(-c6ccccc6)cc(-c6cc(-c7ccc(C(C)(C)C)cc7)ccn6)c5)cccc43)c(C(C)C)c2)c([2H])c1[2H]. The van der Waals surface area contributed by atoms with E-state index >= 15 is 0 Å². The number of phenolic OH excluding ortho intramolecular Hbond substituents is 1. The third kappa shape index (κ3) is 9.37. The van der Waals surface area contributed by atoms with Crippen LogP contribution in [0.4, 0.5) is 0 Å². The molecule has 2 heterocycles. The Bertz CT molecular complexity index is 3610. The molecular weight excluding hydrogens is 851 g/mol. The summed E-state index contributed by atoms with van der Waals surface area (Å²) in [5.74, 6) is 0.534. The maximum Gasteiger partial charge on any atom is 0.149 e. The minimum atomic E-state index is -0.427. The highest BCUT2D eigenvalue weighted by Crippen LogP contribution is 2.47. The second kappa shape index (κ2) is 18.4. The van der Waals surface area contributed by atoms with Crippen LogP contribution in [0, 0.1) is 0 Å². The van der Waals surface area contributed by atoms with Crippen LogP contribution in [0.5, 0.6) is 5.75 Å². The predicted molar refractivity (Wildman–Crippen MR) is 297 cm³/mol. The molecule has 0 fully saturated rings. The summed E-state index contributed by atoms with van der Waals surface area (Å²) in [5, 5.41) is 12.8. The Kier molecular flexibility index (Phi) is 11.0. The van der Waals surface area contributed by atoms with Crippen molar-refractivity contribution < 1.29 is 12.0 Å². The van der Waals surface area contributed by atoms with Crippen molar-refractivity contribution in [3.05, 3.63) is 192 Å². The maximum atomic E-state index is 12.8. The van der Waals surface area contributed by atoms with Gasteiger partial charge in [-0.15, -0.1) is 0 Å².